The van der Waals surface area contributed by atoms with Crippen molar-refractivity contribution in [3.63, 3.8) is 0 Å². The van der Waals surface area contributed by atoms with Crippen LogP contribution in [0.25, 0.3) is 0 Å². The van der Waals surface area contributed by atoms with Crippen LogP contribution in [-0.4, -0.2) is 18.0 Å². The van der Waals surface area contributed by atoms with Crippen LogP contribution in [0.3, 0.4) is 0 Å². The summed E-state index contributed by atoms with van der Waals surface area (Å²) in [5.74, 6) is 0. The third-order valence-corrected chi connectivity index (χ3v) is 6.74. The highest BCUT2D eigenvalue weighted by molar-refractivity contribution is 8.77. The van der Waals surface area contributed by atoms with Gasteiger partial charge in [0.25, 0.3) is 0 Å². The van der Waals surface area contributed by atoms with Crippen molar-refractivity contribution in [2.45, 2.75) is 50.7 Å². The van der Waals surface area contributed by atoms with Crippen molar-refractivity contribution in [3.05, 3.63) is 35.4 Å². The quantitative estimate of drug-likeness (QED) is 0.686. The lowest BCUT2D eigenvalue weighted by molar-refractivity contribution is 0.0790. The molecule has 2 unspecified atom stereocenters. The molecule has 0 aliphatic carbocycles. The van der Waals surface area contributed by atoms with Gasteiger partial charge in [0, 0.05) is 11.9 Å². The second kappa shape index (κ2) is 6.88. The molecule has 1 aromatic carbocycles. The van der Waals surface area contributed by atoms with Crippen LogP contribution >= 0.6 is 21.6 Å². The number of aryl methyl sites for hydroxylation is 1. The van der Waals surface area contributed by atoms with Crippen LogP contribution in [0.2, 0.25) is 0 Å². The number of hydrogen-bond donors (Lipinski definition) is 0. The van der Waals surface area contributed by atoms with Gasteiger partial charge in [0.1, 0.15) is 0 Å². The highest BCUT2D eigenvalue weighted by atomic mass is 33.1. The van der Waals surface area contributed by atoms with Crippen LogP contribution in [0.1, 0.15) is 44.1 Å². The van der Waals surface area contributed by atoms with Crippen LogP contribution in [-0.2, 0) is 4.74 Å². The predicted octanol–water partition coefficient (Wildman–Crippen LogP) is 5.25. The fourth-order valence-electron chi connectivity index (χ4n) is 2.17. The summed E-state index contributed by atoms with van der Waals surface area (Å²) >= 11 is 0. The summed E-state index contributed by atoms with van der Waals surface area (Å²) in [5, 5.41) is 0.450. The molecule has 1 heterocycles. The number of benzene rings is 1. The molecule has 0 bridgehead atoms. The lowest BCUT2D eigenvalue weighted by atomic mass is 9.95. The summed E-state index contributed by atoms with van der Waals surface area (Å²) in [4.78, 5) is 0. The minimum absolute atomic E-state index is 0.187. The molecule has 1 nitrogen and oxygen atoms in total. The van der Waals surface area contributed by atoms with Crippen LogP contribution < -0.4 is 0 Å². The van der Waals surface area contributed by atoms with E-state index in [1.807, 2.05) is 42.5 Å². The Morgan fingerprint density at radius 1 is 1.17 bits per heavy atom. The zero-order chi connectivity index (χ0) is 13.8. The maximum Gasteiger partial charge on any atom is 0.0888 e. The predicted molar refractivity (Wildman–Crippen MR) is 85.3 cm³/mol. The van der Waals surface area contributed by atoms with E-state index in [9.17, 15) is 0 Å². The Morgan fingerprint density at radius 3 is 2.33 bits per heavy atom. The number of ether oxygens (including phenoxy) is 1. The lowest BCUT2D eigenvalue weighted by Gasteiger charge is -2.27. The highest BCUT2D eigenvalue weighted by Crippen LogP contribution is 2.59. The zero-order valence-corrected chi connectivity index (χ0v) is 13.8. The molecule has 2 rings (SSSR count). The molecule has 3 heteroatoms. The van der Waals surface area contributed by atoms with E-state index in [4.69, 9.17) is 4.74 Å². The molecule has 1 fully saturated rings. The molecular formula is C15H24OS2. The first-order valence-electron chi connectivity index (χ1n) is 6.49. The molecule has 0 N–H and O–H groups in total. The van der Waals surface area contributed by atoms with Gasteiger partial charge in [-0.15, -0.1) is 0 Å². The Bertz CT molecular complexity index is 377. The largest absolute Gasteiger partial charge is 0.378 e. The van der Waals surface area contributed by atoms with Crippen molar-refractivity contribution in [2.75, 3.05) is 7.11 Å². The maximum absolute atomic E-state index is 5.71. The molecule has 1 saturated heterocycles. The second-order valence-corrected chi connectivity index (χ2v) is 7.71. The number of methoxy groups -OCH3 is 1. The first-order chi connectivity index (χ1) is 8.56. The van der Waals surface area contributed by atoms with Crippen molar-refractivity contribution >= 4 is 21.6 Å². The SMILES string of the molecule is CC.COC1C(c2ccccc2C)SSC1(C)C. The van der Waals surface area contributed by atoms with E-state index in [1.54, 1.807) is 0 Å². The summed E-state index contributed by atoms with van der Waals surface area (Å²) in [6.07, 6.45) is 0.281. The van der Waals surface area contributed by atoms with Crippen molar-refractivity contribution in [2.24, 2.45) is 0 Å². The minimum Gasteiger partial charge on any atom is -0.378 e. The van der Waals surface area contributed by atoms with Crippen molar-refractivity contribution in [1.29, 1.82) is 0 Å². The van der Waals surface area contributed by atoms with Crippen molar-refractivity contribution in [3.8, 4) is 0 Å². The molecule has 18 heavy (non-hydrogen) atoms. The fourth-order valence-corrected chi connectivity index (χ4v) is 5.81. The molecule has 2 atom stereocenters. The summed E-state index contributed by atoms with van der Waals surface area (Å²) in [7, 11) is 5.70. The van der Waals surface area contributed by atoms with Gasteiger partial charge in [-0.25, -0.2) is 0 Å². The van der Waals surface area contributed by atoms with Gasteiger partial charge in [0.2, 0.25) is 0 Å². The van der Waals surface area contributed by atoms with Gasteiger partial charge in [-0.2, -0.15) is 0 Å². The second-order valence-electron chi connectivity index (χ2n) is 4.72. The van der Waals surface area contributed by atoms with E-state index < -0.39 is 0 Å². The maximum atomic E-state index is 5.71. The van der Waals surface area contributed by atoms with Crippen molar-refractivity contribution in [1.82, 2.24) is 0 Å². The Hall–Kier alpha value is -0.120. The average Bonchev–Trinajstić information content (AvgIpc) is 2.67. The monoisotopic (exact) mass is 284 g/mol. The third-order valence-electron chi connectivity index (χ3n) is 3.08. The van der Waals surface area contributed by atoms with E-state index in [0.717, 1.165) is 0 Å². The average molecular weight is 284 g/mol. The number of rotatable bonds is 2. The summed E-state index contributed by atoms with van der Waals surface area (Å²) in [6, 6.07) is 8.61. The Balaban J connectivity index is 0.000000771. The van der Waals surface area contributed by atoms with Crippen LogP contribution in [0.5, 0.6) is 0 Å². The molecule has 1 aromatic rings. The molecule has 0 amide bonds. The summed E-state index contributed by atoms with van der Waals surface area (Å²) in [5.41, 5.74) is 2.78. The zero-order valence-electron chi connectivity index (χ0n) is 12.2. The van der Waals surface area contributed by atoms with E-state index in [0.29, 0.717) is 5.25 Å². The number of hydrogen-bond acceptors (Lipinski definition) is 3. The summed E-state index contributed by atoms with van der Waals surface area (Å²) < 4.78 is 5.89. The lowest BCUT2D eigenvalue weighted by Crippen LogP contribution is -2.33. The first kappa shape index (κ1) is 15.9. The molecule has 0 spiro atoms. The fraction of sp³-hybridized carbons (Fsp3) is 0.600. The molecule has 0 radical (unpaired) electrons. The van der Waals surface area contributed by atoms with Gasteiger partial charge in [-0.3, -0.25) is 0 Å². The van der Waals surface area contributed by atoms with E-state index in [2.05, 4.69) is 45.0 Å². The molecule has 1 aliphatic heterocycles. The van der Waals surface area contributed by atoms with Gasteiger partial charge in [-0.1, -0.05) is 59.7 Å². The third kappa shape index (κ3) is 3.25. The molecule has 0 saturated carbocycles. The summed E-state index contributed by atoms with van der Waals surface area (Å²) in [6.45, 7) is 10.7. The van der Waals surface area contributed by atoms with Crippen LogP contribution in [0, 0.1) is 6.92 Å². The van der Waals surface area contributed by atoms with Gasteiger partial charge in [0.05, 0.1) is 11.4 Å². The topological polar surface area (TPSA) is 9.23 Å². The smallest absolute Gasteiger partial charge is 0.0888 e. The van der Waals surface area contributed by atoms with Gasteiger partial charge >= 0.3 is 0 Å². The highest BCUT2D eigenvalue weighted by Gasteiger charge is 2.45. The standard InChI is InChI=1S/C13H18OS2.C2H6/c1-9-7-5-6-8-10(9)11-12(14-4)13(2,3)16-15-11;1-2/h5-8,11-12H,1-4H3;1-2H3. The van der Waals surface area contributed by atoms with Gasteiger partial charge in [-0.05, 0) is 31.9 Å². The van der Waals surface area contributed by atoms with Crippen LogP contribution in [0.15, 0.2) is 24.3 Å². The minimum atomic E-state index is 0.187. The molecule has 0 aromatic heterocycles. The Morgan fingerprint density at radius 2 is 1.78 bits per heavy atom. The van der Waals surface area contributed by atoms with E-state index >= 15 is 0 Å². The van der Waals surface area contributed by atoms with Gasteiger partial charge in [0.15, 0.2) is 0 Å². The van der Waals surface area contributed by atoms with E-state index in [1.165, 1.54) is 11.1 Å². The first-order valence-corrected chi connectivity index (χ1v) is 8.70. The van der Waals surface area contributed by atoms with Gasteiger partial charge < -0.3 is 4.74 Å². The molecular weight excluding hydrogens is 260 g/mol. The Labute approximate surface area is 119 Å². The van der Waals surface area contributed by atoms with E-state index in [-0.39, 0.29) is 10.9 Å². The van der Waals surface area contributed by atoms with Crippen molar-refractivity contribution < 1.29 is 4.74 Å². The normalized spacial score (nSPS) is 25.4. The molecule has 102 valence electrons. The molecule has 1 aliphatic rings. The van der Waals surface area contributed by atoms with Crippen LogP contribution in [0.4, 0.5) is 0 Å². The Kier molecular flexibility index (Phi) is 6.09.